The summed E-state index contributed by atoms with van der Waals surface area (Å²) in [7, 11) is 0. The fourth-order valence-corrected chi connectivity index (χ4v) is 2.15. The average Bonchev–Trinajstić information content (AvgIpc) is 2.70. The van der Waals surface area contributed by atoms with Crippen molar-refractivity contribution < 1.29 is 4.42 Å². The minimum atomic E-state index is 0.295. The van der Waals surface area contributed by atoms with Gasteiger partial charge in [0.15, 0.2) is 0 Å². The maximum absolute atomic E-state index is 5.24. The average molecular weight is 227 g/mol. The Balaban J connectivity index is 2.51. The Bertz CT molecular complexity index is 482. The monoisotopic (exact) mass is 227 g/mol. The van der Waals surface area contributed by atoms with Crippen molar-refractivity contribution in [3.63, 3.8) is 0 Å². The van der Waals surface area contributed by atoms with Crippen molar-refractivity contribution in [2.24, 2.45) is 0 Å². The maximum Gasteiger partial charge on any atom is 0.284 e. The Labute approximate surface area is 90.0 Å². The summed E-state index contributed by atoms with van der Waals surface area (Å²) in [6.07, 6.45) is 0. The van der Waals surface area contributed by atoms with Gasteiger partial charge in [0, 0.05) is 0 Å². The van der Waals surface area contributed by atoms with Crippen molar-refractivity contribution in [1.82, 2.24) is 15.2 Å². The van der Waals surface area contributed by atoms with Crippen LogP contribution in [0.2, 0.25) is 0 Å². The highest BCUT2D eigenvalue weighted by molar-refractivity contribution is 7.71. The lowest BCUT2D eigenvalue weighted by Crippen LogP contribution is -1.89. The van der Waals surface area contributed by atoms with Gasteiger partial charge in [-0.1, -0.05) is 13.8 Å². The van der Waals surface area contributed by atoms with E-state index in [-0.39, 0.29) is 0 Å². The summed E-state index contributed by atoms with van der Waals surface area (Å²) >= 11 is 6.33. The van der Waals surface area contributed by atoms with Crippen molar-refractivity contribution in [3.05, 3.63) is 16.0 Å². The van der Waals surface area contributed by atoms with Gasteiger partial charge in [0.05, 0.1) is 11.2 Å². The van der Waals surface area contributed by atoms with Crippen LogP contribution in [-0.2, 0) is 0 Å². The normalized spacial score (nSPS) is 11.1. The molecular weight excluding hydrogens is 218 g/mol. The molecule has 1 N–H and O–H groups in total. The Morgan fingerprint density at radius 3 is 2.93 bits per heavy atom. The molecule has 2 aromatic heterocycles. The van der Waals surface area contributed by atoms with Gasteiger partial charge in [0.25, 0.3) is 10.7 Å². The van der Waals surface area contributed by atoms with Crippen molar-refractivity contribution >= 4 is 23.6 Å². The van der Waals surface area contributed by atoms with E-state index in [4.69, 9.17) is 16.6 Å². The standard InChI is InChI=1S/C8H9N3OS2/c1-4(2)5-6(14-3-9-5)7-10-11-8(13)12-7/h3-4H,1-2H3,(H,11,13). The van der Waals surface area contributed by atoms with Gasteiger partial charge >= 0.3 is 0 Å². The maximum atomic E-state index is 5.24. The Hall–Kier alpha value is -1.01. The predicted molar refractivity (Wildman–Crippen MR) is 56.9 cm³/mol. The van der Waals surface area contributed by atoms with Crippen LogP contribution in [0.15, 0.2) is 9.93 Å². The molecule has 0 aliphatic heterocycles. The van der Waals surface area contributed by atoms with Crippen LogP contribution in [0.4, 0.5) is 0 Å². The number of hydrogen-bond donors (Lipinski definition) is 1. The number of hydrogen-bond acceptors (Lipinski definition) is 5. The molecule has 0 saturated heterocycles. The van der Waals surface area contributed by atoms with Gasteiger partial charge in [-0.2, -0.15) is 0 Å². The number of H-pyrrole nitrogens is 1. The van der Waals surface area contributed by atoms with Crippen LogP contribution in [0.3, 0.4) is 0 Å². The molecule has 74 valence electrons. The van der Waals surface area contributed by atoms with Crippen molar-refractivity contribution in [2.45, 2.75) is 19.8 Å². The lowest BCUT2D eigenvalue weighted by molar-refractivity contribution is 0.552. The zero-order valence-electron chi connectivity index (χ0n) is 7.77. The second kappa shape index (κ2) is 3.62. The zero-order chi connectivity index (χ0) is 10.1. The summed E-state index contributed by atoms with van der Waals surface area (Å²) in [6, 6.07) is 0. The summed E-state index contributed by atoms with van der Waals surface area (Å²) in [5, 5.41) is 6.58. The van der Waals surface area contributed by atoms with Crippen LogP contribution in [0.5, 0.6) is 0 Å². The van der Waals surface area contributed by atoms with E-state index in [0.717, 1.165) is 10.6 Å². The molecule has 0 spiro atoms. The summed E-state index contributed by atoms with van der Waals surface area (Å²) in [5.41, 5.74) is 2.79. The minimum absolute atomic E-state index is 0.295. The Morgan fingerprint density at radius 2 is 2.36 bits per heavy atom. The smallest absolute Gasteiger partial charge is 0.284 e. The topological polar surface area (TPSA) is 54.7 Å². The van der Waals surface area contributed by atoms with Crippen molar-refractivity contribution in [1.29, 1.82) is 0 Å². The molecule has 0 aliphatic carbocycles. The lowest BCUT2D eigenvalue weighted by atomic mass is 10.1. The van der Waals surface area contributed by atoms with Crippen molar-refractivity contribution in [2.75, 3.05) is 0 Å². The molecule has 0 unspecified atom stereocenters. The summed E-state index contributed by atoms with van der Waals surface area (Å²) in [5.74, 6) is 0.887. The third-order valence-corrected chi connectivity index (χ3v) is 2.78. The summed E-state index contributed by atoms with van der Waals surface area (Å²) in [6.45, 7) is 4.17. The molecule has 0 radical (unpaired) electrons. The lowest BCUT2D eigenvalue weighted by Gasteiger charge is -2.00. The SMILES string of the molecule is CC(C)c1ncsc1-c1n[nH]c(=S)o1. The van der Waals surface area contributed by atoms with Crippen molar-refractivity contribution in [3.8, 4) is 10.8 Å². The molecular formula is C8H9N3OS2. The fourth-order valence-electron chi connectivity index (χ4n) is 1.15. The minimum Gasteiger partial charge on any atom is -0.408 e. The summed E-state index contributed by atoms with van der Waals surface area (Å²) < 4.78 is 5.24. The van der Waals surface area contributed by atoms with Gasteiger partial charge in [0.1, 0.15) is 4.88 Å². The Morgan fingerprint density at radius 1 is 1.57 bits per heavy atom. The van der Waals surface area contributed by atoms with E-state index < -0.39 is 0 Å². The summed E-state index contributed by atoms with van der Waals surface area (Å²) in [4.78, 5) is 5.52. The second-order valence-corrected chi connectivity index (χ2v) is 4.37. The van der Waals surface area contributed by atoms with Crippen LogP contribution in [0.1, 0.15) is 25.5 Å². The number of aromatic amines is 1. The van der Waals surface area contributed by atoms with E-state index in [2.05, 4.69) is 29.0 Å². The van der Waals surface area contributed by atoms with Gasteiger partial charge < -0.3 is 4.42 Å². The van der Waals surface area contributed by atoms with E-state index >= 15 is 0 Å². The van der Waals surface area contributed by atoms with Crippen LogP contribution in [0.25, 0.3) is 10.8 Å². The fraction of sp³-hybridized carbons (Fsp3) is 0.375. The molecule has 0 amide bonds. The molecule has 0 bridgehead atoms. The van der Waals surface area contributed by atoms with Crippen LogP contribution in [0, 0.1) is 4.84 Å². The number of nitrogens with one attached hydrogen (secondary N) is 1. The van der Waals surface area contributed by atoms with Crippen LogP contribution >= 0.6 is 23.6 Å². The number of rotatable bonds is 2. The molecule has 14 heavy (non-hydrogen) atoms. The number of thiazole rings is 1. The van der Waals surface area contributed by atoms with Crippen LogP contribution < -0.4 is 0 Å². The molecule has 0 aromatic carbocycles. The molecule has 2 rings (SSSR count). The van der Waals surface area contributed by atoms with Gasteiger partial charge in [-0.25, -0.2) is 10.1 Å². The molecule has 0 aliphatic rings. The van der Waals surface area contributed by atoms with E-state index in [1.54, 1.807) is 5.51 Å². The zero-order valence-corrected chi connectivity index (χ0v) is 9.41. The van der Waals surface area contributed by atoms with Gasteiger partial charge in [-0.3, -0.25) is 0 Å². The highest BCUT2D eigenvalue weighted by Crippen LogP contribution is 2.30. The third kappa shape index (κ3) is 1.62. The molecule has 2 heterocycles. The van der Waals surface area contributed by atoms with E-state index in [1.807, 2.05) is 0 Å². The highest BCUT2D eigenvalue weighted by Gasteiger charge is 2.15. The third-order valence-electron chi connectivity index (χ3n) is 1.77. The largest absolute Gasteiger partial charge is 0.408 e. The van der Waals surface area contributed by atoms with E-state index in [0.29, 0.717) is 16.6 Å². The molecule has 0 fully saturated rings. The quantitative estimate of drug-likeness (QED) is 0.801. The number of aromatic nitrogens is 3. The molecule has 0 atom stereocenters. The highest BCUT2D eigenvalue weighted by atomic mass is 32.1. The van der Waals surface area contributed by atoms with Gasteiger partial charge in [-0.15, -0.1) is 16.4 Å². The first-order chi connectivity index (χ1) is 6.68. The predicted octanol–water partition coefficient (Wildman–Crippen LogP) is 2.98. The van der Waals surface area contributed by atoms with Crippen LogP contribution in [-0.4, -0.2) is 15.2 Å². The first kappa shape index (κ1) is 9.54. The first-order valence-electron chi connectivity index (χ1n) is 4.17. The number of nitrogens with zero attached hydrogens (tertiary/aromatic N) is 2. The van der Waals surface area contributed by atoms with E-state index in [1.165, 1.54) is 11.3 Å². The molecule has 4 nitrogen and oxygen atoms in total. The Kier molecular flexibility index (Phi) is 2.47. The first-order valence-corrected chi connectivity index (χ1v) is 5.46. The van der Waals surface area contributed by atoms with Gasteiger partial charge in [-0.05, 0) is 18.1 Å². The molecule has 0 saturated carbocycles. The molecule has 2 aromatic rings. The van der Waals surface area contributed by atoms with E-state index in [9.17, 15) is 0 Å². The second-order valence-electron chi connectivity index (χ2n) is 3.14. The van der Waals surface area contributed by atoms with Gasteiger partial charge in [0.2, 0.25) is 0 Å². The molecule has 6 heteroatoms.